The van der Waals surface area contributed by atoms with Gasteiger partial charge in [0.25, 0.3) is 0 Å². The average molecular weight is 275 g/mol. The predicted molar refractivity (Wildman–Crippen MR) is 75.0 cm³/mol. The van der Waals surface area contributed by atoms with Crippen LogP contribution in [0.2, 0.25) is 10.3 Å². The van der Waals surface area contributed by atoms with Gasteiger partial charge in [0.05, 0.1) is 5.52 Å². The molecule has 0 bridgehead atoms. The smallest absolute Gasteiger partial charge is 0.131 e. The highest BCUT2D eigenvalue weighted by Gasteiger charge is 2.07. The van der Waals surface area contributed by atoms with Crippen LogP contribution < -0.4 is 0 Å². The molecule has 3 aromatic rings. The van der Waals surface area contributed by atoms with Crippen LogP contribution in [0.5, 0.6) is 0 Å². The number of rotatable bonds is 1. The van der Waals surface area contributed by atoms with E-state index in [0.717, 1.165) is 22.0 Å². The molecule has 2 aromatic heterocycles. The summed E-state index contributed by atoms with van der Waals surface area (Å²) in [5, 5.41) is 1.80. The summed E-state index contributed by atoms with van der Waals surface area (Å²) in [5.74, 6) is 0. The van der Waals surface area contributed by atoms with Gasteiger partial charge in [0.2, 0.25) is 0 Å². The molecular weight excluding hydrogens is 267 g/mol. The lowest BCUT2D eigenvalue weighted by Crippen LogP contribution is -1.87. The lowest BCUT2D eigenvalue weighted by Gasteiger charge is -2.07. The van der Waals surface area contributed by atoms with Crippen molar-refractivity contribution in [3.05, 3.63) is 59.0 Å². The fourth-order valence-corrected chi connectivity index (χ4v) is 2.27. The fourth-order valence-electron chi connectivity index (χ4n) is 1.92. The Morgan fingerprint density at radius 3 is 2.44 bits per heavy atom. The third-order valence-corrected chi connectivity index (χ3v) is 3.11. The van der Waals surface area contributed by atoms with Crippen molar-refractivity contribution in [3.63, 3.8) is 0 Å². The third-order valence-electron chi connectivity index (χ3n) is 2.71. The first-order valence-electron chi connectivity index (χ1n) is 5.41. The monoisotopic (exact) mass is 274 g/mol. The topological polar surface area (TPSA) is 25.8 Å². The van der Waals surface area contributed by atoms with Gasteiger partial charge in [-0.3, -0.25) is 0 Å². The summed E-state index contributed by atoms with van der Waals surface area (Å²) in [6, 6.07) is 13.6. The Balaban J connectivity index is 2.35. The SMILES string of the molecule is Clc1cc2nc(Cl)cc(-c3ccccc3)c2cn1. The second-order valence-electron chi connectivity index (χ2n) is 3.88. The number of hydrogen-bond donors (Lipinski definition) is 0. The minimum absolute atomic E-state index is 0.413. The van der Waals surface area contributed by atoms with E-state index in [-0.39, 0.29) is 0 Å². The summed E-state index contributed by atoms with van der Waals surface area (Å²) < 4.78 is 0. The van der Waals surface area contributed by atoms with Crippen LogP contribution in [0.4, 0.5) is 0 Å². The zero-order chi connectivity index (χ0) is 12.5. The number of halogens is 2. The first kappa shape index (κ1) is 11.5. The standard InChI is InChI=1S/C14H8Cl2N2/c15-13-7-12-11(8-17-13)10(6-14(16)18-12)9-4-2-1-3-5-9/h1-8H. The van der Waals surface area contributed by atoms with E-state index < -0.39 is 0 Å². The van der Waals surface area contributed by atoms with Crippen molar-refractivity contribution in [1.82, 2.24) is 9.97 Å². The molecule has 0 saturated heterocycles. The maximum absolute atomic E-state index is 6.05. The van der Waals surface area contributed by atoms with Crippen molar-refractivity contribution in [3.8, 4) is 11.1 Å². The van der Waals surface area contributed by atoms with E-state index in [2.05, 4.69) is 9.97 Å². The minimum Gasteiger partial charge on any atom is -0.244 e. The molecule has 2 heterocycles. The number of benzene rings is 1. The Bertz CT molecular complexity index is 706. The first-order valence-corrected chi connectivity index (χ1v) is 6.17. The average Bonchev–Trinajstić information content (AvgIpc) is 2.38. The lowest BCUT2D eigenvalue weighted by atomic mass is 10.0. The Hall–Kier alpha value is -1.64. The van der Waals surface area contributed by atoms with Crippen molar-refractivity contribution in [2.24, 2.45) is 0 Å². The van der Waals surface area contributed by atoms with Crippen molar-refractivity contribution in [1.29, 1.82) is 0 Å². The number of nitrogens with zero attached hydrogens (tertiary/aromatic N) is 2. The Kier molecular flexibility index (Phi) is 2.90. The Morgan fingerprint density at radius 2 is 1.67 bits per heavy atom. The van der Waals surface area contributed by atoms with E-state index in [4.69, 9.17) is 23.2 Å². The van der Waals surface area contributed by atoms with Crippen molar-refractivity contribution >= 4 is 34.1 Å². The van der Waals surface area contributed by atoms with Crippen LogP contribution in [0.25, 0.3) is 22.0 Å². The van der Waals surface area contributed by atoms with Gasteiger partial charge in [-0.2, -0.15) is 0 Å². The van der Waals surface area contributed by atoms with E-state index in [0.29, 0.717) is 10.3 Å². The van der Waals surface area contributed by atoms with Crippen LogP contribution in [0.15, 0.2) is 48.7 Å². The highest BCUT2D eigenvalue weighted by molar-refractivity contribution is 6.31. The molecule has 1 aromatic carbocycles. The van der Waals surface area contributed by atoms with Crippen molar-refractivity contribution in [2.75, 3.05) is 0 Å². The molecule has 0 N–H and O–H groups in total. The molecule has 0 atom stereocenters. The molecule has 0 aliphatic rings. The van der Waals surface area contributed by atoms with Gasteiger partial charge in [-0.15, -0.1) is 0 Å². The zero-order valence-electron chi connectivity index (χ0n) is 9.27. The molecule has 2 nitrogen and oxygen atoms in total. The number of fused-ring (bicyclic) bond motifs is 1. The van der Waals surface area contributed by atoms with Gasteiger partial charge in [-0.25, -0.2) is 9.97 Å². The van der Waals surface area contributed by atoms with Gasteiger partial charge in [-0.05, 0) is 17.2 Å². The lowest BCUT2D eigenvalue weighted by molar-refractivity contribution is 1.32. The van der Waals surface area contributed by atoms with Crippen LogP contribution in [-0.4, -0.2) is 9.97 Å². The van der Waals surface area contributed by atoms with Crippen LogP contribution in [0.3, 0.4) is 0 Å². The molecule has 0 aliphatic heterocycles. The van der Waals surface area contributed by atoms with Crippen LogP contribution in [0.1, 0.15) is 0 Å². The molecule has 0 unspecified atom stereocenters. The van der Waals surface area contributed by atoms with E-state index in [1.165, 1.54) is 0 Å². The molecule has 0 saturated carbocycles. The number of aromatic nitrogens is 2. The molecular formula is C14H8Cl2N2. The summed E-state index contributed by atoms with van der Waals surface area (Å²) in [5.41, 5.74) is 2.84. The van der Waals surface area contributed by atoms with Crippen LogP contribution >= 0.6 is 23.2 Å². The van der Waals surface area contributed by atoms with E-state index in [1.807, 2.05) is 36.4 Å². The van der Waals surface area contributed by atoms with Crippen LogP contribution in [-0.2, 0) is 0 Å². The molecule has 0 aliphatic carbocycles. The Morgan fingerprint density at radius 1 is 0.889 bits per heavy atom. The summed E-state index contributed by atoms with van der Waals surface area (Å²) >= 11 is 11.9. The molecule has 0 radical (unpaired) electrons. The number of hydrogen-bond acceptors (Lipinski definition) is 2. The van der Waals surface area contributed by atoms with E-state index in [9.17, 15) is 0 Å². The molecule has 0 spiro atoms. The molecule has 18 heavy (non-hydrogen) atoms. The van der Waals surface area contributed by atoms with Crippen molar-refractivity contribution in [2.45, 2.75) is 0 Å². The molecule has 3 rings (SSSR count). The zero-order valence-corrected chi connectivity index (χ0v) is 10.8. The van der Waals surface area contributed by atoms with Gasteiger partial charge >= 0.3 is 0 Å². The summed E-state index contributed by atoms with van der Waals surface area (Å²) in [6.45, 7) is 0. The largest absolute Gasteiger partial charge is 0.244 e. The summed E-state index contributed by atoms with van der Waals surface area (Å²) in [6.07, 6.45) is 1.73. The van der Waals surface area contributed by atoms with E-state index >= 15 is 0 Å². The second-order valence-corrected chi connectivity index (χ2v) is 4.66. The van der Waals surface area contributed by atoms with Crippen molar-refractivity contribution < 1.29 is 0 Å². The quantitative estimate of drug-likeness (QED) is 0.606. The molecule has 4 heteroatoms. The van der Waals surface area contributed by atoms with Gasteiger partial charge in [0.1, 0.15) is 10.3 Å². The van der Waals surface area contributed by atoms with Gasteiger partial charge in [0.15, 0.2) is 0 Å². The number of pyridine rings is 2. The van der Waals surface area contributed by atoms with Crippen LogP contribution in [0, 0.1) is 0 Å². The molecule has 0 amide bonds. The first-order chi connectivity index (χ1) is 8.74. The fraction of sp³-hybridized carbons (Fsp3) is 0. The normalized spacial score (nSPS) is 10.8. The molecule has 0 fully saturated rings. The van der Waals surface area contributed by atoms with E-state index in [1.54, 1.807) is 12.3 Å². The Labute approximate surface area is 114 Å². The molecule has 88 valence electrons. The third kappa shape index (κ3) is 2.05. The highest BCUT2D eigenvalue weighted by Crippen LogP contribution is 2.30. The maximum atomic E-state index is 6.05. The summed E-state index contributed by atoms with van der Waals surface area (Å²) in [7, 11) is 0. The van der Waals surface area contributed by atoms with Gasteiger partial charge < -0.3 is 0 Å². The maximum Gasteiger partial charge on any atom is 0.131 e. The minimum atomic E-state index is 0.413. The van der Waals surface area contributed by atoms with Gasteiger partial charge in [0, 0.05) is 17.6 Å². The predicted octanol–water partition coefficient (Wildman–Crippen LogP) is 4.60. The highest BCUT2D eigenvalue weighted by atomic mass is 35.5. The summed E-state index contributed by atoms with van der Waals surface area (Å²) in [4.78, 5) is 8.37. The van der Waals surface area contributed by atoms with Gasteiger partial charge in [-0.1, -0.05) is 53.5 Å². The second kappa shape index (κ2) is 4.56.